The number of nitrogens with one attached hydrogen (secondary N) is 2. The third-order valence-electron chi connectivity index (χ3n) is 13.9. The molecule has 0 radical (unpaired) electrons. The van der Waals surface area contributed by atoms with Gasteiger partial charge < -0.3 is 16.4 Å². The van der Waals surface area contributed by atoms with Gasteiger partial charge in [-0.15, -0.1) is 0 Å². The van der Waals surface area contributed by atoms with Crippen LogP contribution >= 0.6 is 0 Å². The van der Waals surface area contributed by atoms with E-state index in [9.17, 15) is 0 Å². The minimum absolute atomic E-state index is 0.0332. The maximum atomic E-state index is 7.02. The van der Waals surface area contributed by atoms with Crippen LogP contribution in [-0.2, 0) is 12.0 Å². The second-order valence-corrected chi connectivity index (χ2v) is 20.0. The maximum absolute atomic E-state index is 7.02. The van der Waals surface area contributed by atoms with Crippen LogP contribution < -0.4 is 16.4 Å². The van der Waals surface area contributed by atoms with E-state index >= 15 is 0 Å². The van der Waals surface area contributed by atoms with Crippen LogP contribution in [0.1, 0.15) is 43.0 Å². The summed E-state index contributed by atoms with van der Waals surface area (Å²) in [5, 5.41) is 9.68. The van der Waals surface area contributed by atoms with Gasteiger partial charge in [-0.1, -0.05) is 221 Å². The first-order chi connectivity index (χ1) is 36.2. The van der Waals surface area contributed by atoms with Crippen molar-refractivity contribution in [2.75, 3.05) is 16.4 Å². The van der Waals surface area contributed by atoms with Gasteiger partial charge in [-0.3, -0.25) is 4.99 Å². The molecule has 0 aliphatic rings. The Morgan fingerprint density at radius 1 is 0.405 bits per heavy atom. The molecule has 4 nitrogen and oxygen atoms in total. The molecule has 0 bridgehead atoms. The van der Waals surface area contributed by atoms with Crippen LogP contribution in [-0.4, -0.2) is 5.71 Å². The molecule has 74 heavy (non-hydrogen) atoms. The van der Waals surface area contributed by atoms with Crippen LogP contribution in [0, 0.1) is 0 Å². The first kappa shape index (κ1) is 47.1. The molecule has 0 aliphatic carbocycles. The van der Waals surface area contributed by atoms with Crippen molar-refractivity contribution in [1.29, 1.82) is 0 Å². The number of para-hydroxylation sites is 1. The number of nitrogens with zero attached hydrogens (tertiary/aromatic N) is 1. The summed E-state index contributed by atoms with van der Waals surface area (Å²) in [6, 6.07) is 92.7. The monoisotopic (exact) mass is 954 g/mol. The fraction of sp³-hybridized carbons (Fsp3) is 0.0714. The molecule has 11 rings (SSSR count). The molecule has 11 aromatic rings. The van der Waals surface area contributed by atoms with Crippen molar-refractivity contribution in [3.8, 4) is 55.6 Å². The lowest BCUT2D eigenvalue weighted by Crippen LogP contribution is -2.11. The fourth-order valence-corrected chi connectivity index (χ4v) is 9.82. The second-order valence-electron chi connectivity index (χ2n) is 20.0. The van der Waals surface area contributed by atoms with Crippen molar-refractivity contribution in [3.63, 3.8) is 0 Å². The molecule has 0 fully saturated rings. The molecule has 0 unspecified atom stereocenters. The van der Waals surface area contributed by atoms with Gasteiger partial charge in [0, 0.05) is 56.1 Å². The Labute approximate surface area is 435 Å². The lowest BCUT2D eigenvalue weighted by atomic mass is 9.86. The minimum atomic E-state index is 0.0332. The molecule has 11 aromatic carbocycles. The fourth-order valence-electron chi connectivity index (χ4n) is 9.82. The highest BCUT2D eigenvalue weighted by molar-refractivity contribution is 6.19. The molecular formula is C70H58N4. The van der Waals surface area contributed by atoms with Crippen LogP contribution in [0.25, 0.3) is 66.4 Å². The van der Waals surface area contributed by atoms with E-state index in [1.165, 1.54) is 16.7 Å². The van der Waals surface area contributed by atoms with Crippen molar-refractivity contribution in [1.82, 2.24) is 0 Å². The van der Waals surface area contributed by atoms with Gasteiger partial charge in [0.25, 0.3) is 0 Å². The summed E-state index contributed by atoms with van der Waals surface area (Å²) in [6.45, 7) is 7.27. The van der Waals surface area contributed by atoms with E-state index in [-0.39, 0.29) is 5.41 Å². The molecule has 358 valence electrons. The number of nitrogens with two attached hydrogens (primary N) is 1. The highest BCUT2D eigenvalue weighted by Crippen LogP contribution is 2.40. The summed E-state index contributed by atoms with van der Waals surface area (Å²) >= 11 is 0. The molecule has 4 heteroatoms. The Morgan fingerprint density at radius 2 is 0.892 bits per heavy atom. The summed E-state index contributed by atoms with van der Waals surface area (Å²) in [5.74, 6) is 0. The highest BCUT2D eigenvalue weighted by atomic mass is 14.9. The average molecular weight is 955 g/mol. The predicted molar refractivity (Wildman–Crippen MR) is 316 cm³/mol. The zero-order valence-corrected chi connectivity index (χ0v) is 42.1. The number of nitrogen functional groups attached to an aromatic ring is 1. The molecule has 0 aliphatic heterocycles. The van der Waals surface area contributed by atoms with E-state index in [1.807, 2.05) is 12.1 Å². The second kappa shape index (κ2) is 20.8. The van der Waals surface area contributed by atoms with Gasteiger partial charge in [-0.05, 0) is 127 Å². The first-order valence-corrected chi connectivity index (χ1v) is 25.4. The Bertz CT molecular complexity index is 3780. The van der Waals surface area contributed by atoms with Gasteiger partial charge >= 0.3 is 0 Å². The molecule has 4 N–H and O–H groups in total. The largest absolute Gasteiger partial charge is 0.398 e. The number of rotatable bonds is 13. The number of hydrogen-bond acceptors (Lipinski definition) is 4. The Balaban J connectivity index is 0.969. The number of aliphatic imine (C=N–C) groups is 1. The Hall–Kier alpha value is -9.25. The van der Waals surface area contributed by atoms with E-state index in [4.69, 9.17) is 10.7 Å². The molecule has 0 saturated carbocycles. The van der Waals surface area contributed by atoms with Gasteiger partial charge in [0.15, 0.2) is 0 Å². The van der Waals surface area contributed by atoms with E-state index in [1.54, 1.807) is 0 Å². The number of hydrogen-bond donors (Lipinski definition) is 3. The van der Waals surface area contributed by atoms with Crippen LogP contribution in [0.3, 0.4) is 0 Å². The number of anilines is 5. The van der Waals surface area contributed by atoms with E-state index < -0.39 is 0 Å². The van der Waals surface area contributed by atoms with E-state index in [2.05, 4.69) is 280 Å². The van der Waals surface area contributed by atoms with Gasteiger partial charge in [0.05, 0.1) is 12.3 Å². The molecular weight excluding hydrogens is 897 g/mol. The molecule has 0 aromatic heterocycles. The van der Waals surface area contributed by atoms with Crippen LogP contribution in [0.2, 0.25) is 0 Å². The van der Waals surface area contributed by atoms with Gasteiger partial charge in [-0.2, -0.15) is 0 Å². The molecule has 0 amide bonds. The Morgan fingerprint density at radius 3 is 1.50 bits per heavy atom. The third kappa shape index (κ3) is 10.4. The van der Waals surface area contributed by atoms with Crippen molar-refractivity contribution in [2.45, 2.75) is 32.7 Å². The van der Waals surface area contributed by atoms with Gasteiger partial charge in [0.1, 0.15) is 0 Å². The van der Waals surface area contributed by atoms with Crippen molar-refractivity contribution < 1.29 is 0 Å². The number of fused-ring (bicyclic) bond motifs is 1. The SMILES string of the molecule is CC(C)(C)c1cccc(CN=C(c2ccc(Nc3ccc(-c4cccc(-c5cc(-c6ccccc6)ccc5Nc5ccccc5)c4)cc3-c3cccc(-c4ccccc4)c3)cc2)c2ccc3ccccc3c2N)c1. The summed E-state index contributed by atoms with van der Waals surface area (Å²) in [5.41, 5.74) is 28.4. The van der Waals surface area contributed by atoms with E-state index in [0.717, 1.165) is 106 Å². The first-order valence-electron chi connectivity index (χ1n) is 25.4. The van der Waals surface area contributed by atoms with Crippen molar-refractivity contribution in [3.05, 3.63) is 283 Å². The Kier molecular flexibility index (Phi) is 13.3. The average Bonchev–Trinajstić information content (AvgIpc) is 3.45. The predicted octanol–water partition coefficient (Wildman–Crippen LogP) is 18.6. The standard InChI is InChI=1S/C70H58N4/c1-70(2,3)59-28-15-18-48(42-59)47-72-69(63-39-34-51-23-13-14-31-62(51)68(63)71)52-32-37-61(38-33-52)74-67-41-36-56(46-65(67)57-26-16-24-53(43-57)49-19-7-4-8-20-49)54-25-17-27-58(44-54)64-45-55(50-21-9-5-10-22-50)35-40-66(64)73-60-29-11-6-12-30-60/h4-46,73-74H,47,71H2,1-3H3. The summed E-state index contributed by atoms with van der Waals surface area (Å²) in [4.78, 5) is 5.34. The summed E-state index contributed by atoms with van der Waals surface area (Å²) in [7, 11) is 0. The van der Waals surface area contributed by atoms with E-state index in [0.29, 0.717) is 6.54 Å². The highest BCUT2D eigenvalue weighted by Gasteiger charge is 2.18. The molecule has 0 spiro atoms. The summed E-state index contributed by atoms with van der Waals surface area (Å²) < 4.78 is 0. The normalized spacial score (nSPS) is 11.6. The molecule has 0 saturated heterocycles. The van der Waals surface area contributed by atoms with Gasteiger partial charge in [-0.25, -0.2) is 0 Å². The lowest BCUT2D eigenvalue weighted by molar-refractivity contribution is 0.589. The van der Waals surface area contributed by atoms with Crippen molar-refractivity contribution >= 4 is 44.9 Å². The zero-order chi connectivity index (χ0) is 50.4. The lowest BCUT2D eigenvalue weighted by Gasteiger charge is -2.19. The molecule has 0 atom stereocenters. The quantitative estimate of drug-likeness (QED) is 0.0797. The van der Waals surface area contributed by atoms with Gasteiger partial charge in [0.2, 0.25) is 0 Å². The third-order valence-corrected chi connectivity index (χ3v) is 13.9. The van der Waals surface area contributed by atoms with Crippen LogP contribution in [0.4, 0.5) is 28.4 Å². The summed E-state index contributed by atoms with van der Waals surface area (Å²) in [6.07, 6.45) is 0. The zero-order valence-electron chi connectivity index (χ0n) is 42.1. The number of benzene rings is 11. The maximum Gasteiger partial charge on any atom is 0.0743 e. The van der Waals surface area contributed by atoms with Crippen LogP contribution in [0.5, 0.6) is 0 Å². The topological polar surface area (TPSA) is 62.4 Å². The van der Waals surface area contributed by atoms with Crippen LogP contribution in [0.15, 0.2) is 266 Å². The smallest absolute Gasteiger partial charge is 0.0743 e. The minimum Gasteiger partial charge on any atom is -0.398 e. The van der Waals surface area contributed by atoms with Crippen molar-refractivity contribution in [2.24, 2.45) is 4.99 Å². The molecule has 0 heterocycles.